The highest BCUT2D eigenvalue weighted by Crippen LogP contribution is 2.27. The van der Waals surface area contributed by atoms with Crippen LogP contribution in [0.1, 0.15) is 18.2 Å². The molecule has 0 aromatic carbocycles. The van der Waals surface area contributed by atoms with E-state index in [1.807, 2.05) is 11.7 Å². The average Bonchev–Trinajstić information content (AvgIpc) is 2.91. The molecule has 0 spiro atoms. The van der Waals surface area contributed by atoms with Gasteiger partial charge in [-0.3, -0.25) is 9.58 Å². The first kappa shape index (κ1) is 17.5. The number of anilines is 1. The number of hydrogen-bond acceptors (Lipinski definition) is 5. The van der Waals surface area contributed by atoms with Gasteiger partial charge in [-0.15, -0.1) is 12.4 Å². The normalized spacial score (nSPS) is 26.3. The van der Waals surface area contributed by atoms with E-state index in [1.165, 1.54) is 11.4 Å². The van der Waals surface area contributed by atoms with E-state index in [0.29, 0.717) is 12.0 Å². The van der Waals surface area contributed by atoms with Crippen LogP contribution in [0.5, 0.6) is 0 Å². The van der Waals surface area contributed by atoms with Crippen LogP contribution >= 0.6 is 12.4 Å². The van der Waals surface area contributed by atoms with Gasteiger partial charge in [0.15, 0.2) is 0 Å². The number of halogens is 1. The fourth-order valence-electron chi connectivity index (χ4n) is 3.49. The van der Waals surface area contributed by atoms with Gasteiger partial charge < -0.3 is 15.4 Å². The van der Waals surface area contributed by atoms with E-state index in [-0.39, 0.29) is 12.4 Å². The van der Waals surface area contributed by atoms with E-state index in [1.54, 1.807) is 0 Å². The average molecular weight is 330 g/mol. The molecule has 7 heteroatoms. The van der Waals surface area contributed by atoms with Gasteiger partial charge in [-0.1, -0.05) is 6.92 Å². The van der Waals surface area contributed by atoms with Crippen molar-refractivity contribution < 1.29 is 4.74 Å². The van der Waals surface area contributed by atoms with Gasteiger partial charge in [0.05, 0.1) is 18.9 Å². The Morgan fingerprint density at radius 2 is 1.95 bits per heavy atom. The minimum absolute atomic E-state index is 0. The molecule has 2 saturated heterocycles. The Bertz CT molecular complexity index is 490. The van der Waals surface area contributed by atoms with Crippen molar-refractivity contribution in [2.45, 2.75) is 26.4 Å². The standard InChI is InChI=1S/C15H27N5O.ClH/c1-11-8-19(10-14(11)16)9-13-12(2)17-18(3)15(13)20-4-6-21-7-5-20;/h11,14H,4-10,16H2,1-3H3;1H. The summed E-state index contributed by atoms with van der Waals surface area (Å²) in [6.45, 7) is 10.9. The molecule has 2 aliphatic heterocycles. The lowest BCUT2D eigenvalue weighted by Gasteiger charge is -2.30. The fourth-order valence-corrected chi connectivity index (χ4v) is 3.49. The Morgan fingerprint density at radius 1 is 1.27 bits per heavy atom. The number of ether oxygens (including phenoxy) is 1. The summed E-state index contributed by atoms with van der Waals surface area (Å²) in [6.07, 6.45) is 0. The zero-order valence-corrected chi connectivity index (χ0v) is 14.6. The maximum absolute atomic E-state index is 6.16. The molecule has 22 heavy (non-hydrogen) atoms. The van der Waals surface area contributed by atoms with E-state index in [9.17, 15) is 0 Å². The van der Waals surface area contributed by atoms with Gasteiger partial charge in [0.1, 0.15) is 5.82 Å². The molecule has 6 nitrogen and oxygen atoms in total. The highest BCUT2D eigenvalue weighted by Gasteiger charge is 2.29. The molecular formula is C15H28ClN5O. The topological polar surface area (TPSA) is 59.5 Å². The third kappa shape index (κ3) is 3.40. The van der Waals surface area contributed by atoms with E-state index in [4.69, 9.17) is 10.5 Å². The van der Waals surface area contributed by atoms with Crippen LogP contribution in [0.4, 0.5) is 5.82 Å². The minimum atomic E-state index is 0. The lowest BCUT2D eigenvalue weighted by atomic mass is 10.1. The zero-order chi connectivity index (χ0) is 15.0. The number of hydrogen-bond donors (Lipinski definition) is 1. The van der Waals surface area contributed by atoms with Gasteiger partial charge in [0, 0.05) is 51.4 Å². The van der Waals surface area contributed by atoms with Crippen LogP contribution in [0.2, 0.25) is 0 Å². The number of likely N-dealkylation sites (tertiary alicyclic amines) is 1. The highest BCUT2D eigenvalue weighted by molar-refractivity contribution is 5.85. The minimum Gasteiger partial charge on any atom is -0.378 e. The number of nitrogens with zero attached hydrogens (tertiary/aromatic N) is 4. The van der Waals surface area contributed by atoms with Crippen molar-refractivity contribution in [3.8, 4) is 0 Å². The van der Waals surface area contributed by atoms with Crippen molar-refractivity contribution in [1.82, 2.24) is 14.7 Å². The molecule has 3 rings (SSSR count). The van der Waals surface area contributed by atoms with Gasteiger partial charge in [0.25, 0.3) is 0 Å². The van der Waals surface area contributed by atoms with Crippen LogP contribution in [0.3, 0.4) is 0 Å². The summed E-state index contributed by atoms with van der Waals surface area (Å²) in [4.78, 5) is 4.86. The number of rotatable bonds is 3. The summed E-state index contributed by atoms with van der Waals surface area (Å²) >= 11 is 0. The molecule has 3 heterocycles. The van der Waals surface area contributed by atoms with Crippen molar-refractivity contribution in [2.75, 3.05) is 44.3 Å². The first-order chi connectivity index (χ1) is 10.1. The summed E-state index contributed by atoms with van der Waals surface area (Å²) in [5, 5.41) is 4.64. The number of nitrogens with two attached hydrogens (primary N) is 1. The maximum Gasteiger partial charge on any atom is 0.131 e. The van der Waals surface area contributed by atoms with Crippen LogP contribution < -0.4 is 10.6 Å². The maximum atomic E-state index is 6.16. The smallest absolute Gasteiger partial charge is 0.131 e. The predicted octanol–water partition coefficient (Wildman–Crippen LogP) is 0.766. The molecule has 2 unspecified atom stereocenters. The quantitative estimate of drug-likeness (QED) is 0.887. The zero-order valence-electron chi connectivity index (χ0n) is 13.8. The SMILES string of the molecule is Cc1nn(C)c(N2CCOCC2)c1CN1CC(C)C(N)C1.Cl. The Balaban J connectivity index is 0.00000176. The number of morpholine rings is 1. The molecule has 126 valence electrons. The van der Waals surface area contributed by atoms with Crippen molar-refractivity contribution in [2.24, 2.45) is 18.7 Å². The van der Waals surface area contributed by atoms with Crippen LogP contribution in [-0.2, 0) is 18.3 Å². The second-order valence-electron chi connectivity index (χ2n) is 6.45. The molecule has 1 aromatic rings. The van der Waals surface area contributed by atoms with Crippen LogP contribution in [-0.4, -0.2) is 60.1 Å². The van der Waals surface area contributed by atoms with Crippen molar-refractivity contribution in [3.05, 3.63) is 11.3 Å². The van der Waals surface area contributed by atoms with Gasteiger partial charge in [-0.2, -0.15) is 5.10 Å². The Kier molecular flexibility index (Phi) is 5.71. The molecular weight excluding hydrogens is 302 g/mol. The van der Waals surface area contributed by atoms with Gasteiger partial charge in [-0.25, -0.2) is 0 Å². The van der Waals surface area contributed by atoms with Crippen molar-refractivity contribution in [3.63, 3.8) is 0 Å². The molecule has 2 atom stereocenters. The number of aromatic nitrogens is 2. The summed E-state index contributed by atoms with van der Waals surface area (Å²) in [6, 6.07) is 0.300. The lowest BCUT2D eigenvalue weighted by Crippen LogP contribution is -2.38. The van der Waals surface area contributed by atoms with E-state index >= 15 is 0 Å². The molecule has 0 amide bonds. The summed E-state index contributed by atoms with van der Waals surface area (Å²) in [5.74, 6) is 1.83. The molecule has 2 fully saturated rings. The first-order valence-corrected chi connectivity index (χ1v) is 7.89. The Hall–Kier alpha value is -0.820. The van der Waals surface area contributed by atoms with Crippen LogP contribution in [0.15, 0.2) is 0 Å². The molecule has 0 aliphatic carbocycles. The third-order valence-electron chi connectivity index (χ3n) is 4.75. The van der Waals surface area contributed by atoms with Crippen LogP contribution in [0.25, 0.3) is 0 Å². The Labute approximate surface area is 139 Å². The van der Waals surface area contributed by atoms with Crippen LogP contribution in [0, 0.1) is 12.8 Å². The summed E-state index contributed by atoms with van der Waals surface area (Å²) < 4.78 is 7.49. The fraction of sp³-hybridized carbons (Fsp3) is 0.800. The second kappa shape index (κ2) is 7.17. The first-order valence-electron chi connectivity index (χ1n) is 7.89. The molecule has 0 radical (unpaired) electrons. The second-order valence-corrected chi connectivity index (χ2v) is 6.45. The molecule has 1 aromatic heterocycles. The van der Waals surface area contributed by atoms with E-state index < -0.39 is 0 Å². The molecule has 2 aliphatic rings. The largest absolute Gasteiger partial charge is 0.378 e. The third-order valence-corrected chi connectivity index (χ3v) is 4.75. The monoisotopic (exact) mass is 329 g/mol. The van der Waals surface area contributed by atoms with Gasteiger partial charge >= 0.3 is 0 Å². The Morgan fingerprint density at radius 3 is 2.55 bits per heavy atom. The van der Waals surface area contributed by atoms with Crippen molar-refractivity contribution >= 4 is 18.2 Å². The van der Waals surface area contributed by atoms with E-state index in [2.05, 4.69) is 28.7 Å². The van der Waals surface area contributed by atoms with Crippen molar-refractivity contribution in [1.29, 1.82) is 0 Å². The highest BCUT2D eigenvalue weighted by atomic mass is 35.5. The molecule has 0 saturated carbocycles. The number of aryl methyl sites for hydroxylation is 2. The predicted molar refractivity (Wildman–Crippen MR) is 90.6 cm³/mol. The van der Waals surface area contributed by atoms with E-state index in [0.717, 1.165) is 51.6 Å². The van der Waals surface area contributed by atoms with Gasteiger partial charge in [-0.05, 0) is 12.8 Å². The summed E-state index contributed by atoms with van der Waals surface area (Å²) in [5.41, 5.74) is 8.64. The molecule has 2 N–H and O–H groups in total. The summed E-state index contributed by atoms with van der Waals surface area (Å²) in [7, 11) is 2.04. The molecule has 0 bridgehead atoms. The lowest BCUT2D eigenvalue weighted by molar-refractivity contribution is 0.122. The van der Waals surface area contributed by atoms with Gasteiger partial charge in [0.2, 0.25) is 0 Å².